The molecule has 1 N–H and O–H groups in total. The van der Waals surface area contributed by atoms with Crippen LogP contribution in [0.3, 0.4) is 0 Å². The summed E-state index contributed by atoms with van der Waals surface area (Å²) in [6, 6.07) is 23.7. The minimum Gasteiger partial charge on any atom is -0.371 e. The Morgan fingerprint density at radius 2 is 1.77 bits per heavy atom. The number of nitrogens with one attached hydrogen (secondary N) is 1. The van der Waals surface area contributed by atoms with Crippen molar-refractivity contribution in [1.82, 2.24) is 5.32 Å². The van der Waals surface area contributed by atoms with E-state index in [1.165, 1.54) is 32.0 Å². The Kier molecular flexibility index (Phi) is 5.54. The van der Waals surface area contributed by atoms with Crippen molar-refractivity contribution in [3.05, 3.63) is 83.2 Å². The van der Waals surface area contributed by atoms with Gasteiger partial charge in [-0.2, -0.15) is 0 Å². The normalized spacial score (nSPS) is 11.1. The van der Waals surface area contributed by atoms with Crippen LogP contribution in [0.15, 0.2) is 72.1 Å². The predicted octanol–water partition coefficient (Wildman–Crippen LogP) is 6.40. The molecule has 0 spiro atoms. The molecule has 0 aliphatic heterocycles. The van der Waals surface area contributed by atoms with Crippen molar-refractivity contribution in [3.63, 3.8) is 0 Å². The van der Waals surface area contributed by atoms with E-state index in [2.05, 4.69) is 77.4 Å². The van der Waals surface area contributed by atoms with Gasteiger partial charge in [-0.1, -0.05) is 84.6 Å². The Bertz CT molecular complexity index is 1050. The van der Waals surface area contributed by atoms with Crippen LogP contribution < -0.4 is 5.32 Å². The fourth-order valence-corrected chi connectivity index (χ4v) is 5.01. The molecule has 26 heavy (non-hydrogen) atoms. The standard InChI is InChI=1S/C22H19NS3/c24-22(23-12-11-19-15-25-21-8-4-3-7-20(19)21)26-14-16-9-10-17-5-1-2-6-18(17)13-16/h1-10,13,15H,11-12,14H2,(H,23,24). The lowest BCUT2D eigenvalue weighted by Crippen LogP contribution is -2.21. The maximum atomic E-state index is 5.49. The first-order valence-electron chi connectivity index (χ1n) is 8.63. The van der Waals surface area contributed by atoms with Gasteiger partial charge in [-0.15, -0.1) is 11.3 Å². The van der Waals surface area contributed by atoms with E-state index in [1.54, 1.807) is 11.8 Å². The van der Waals surface area contributed by atoms with Crippen LogP contribution in [0.25, 0.3) is 20.9 Å². The van der Waals surface area contributed by atoms with Gasteiger partial charge < -0.3 is 5.32 Å². The van der Waals surface area contributed by atoms with Gasteiger partial charge in [-0.3, -0.25) is 0 Å². The van der Waals surface area contributed by atoms with E-state index in [-0.39, 0.29) is 0 Å². The quantitative estimate of drug-likeness (QED) is 0.394. The van der Waals surface area contributed by atoms with Gasteiger partial charge in [0.25, 0.3) is 0 Å². The van der Waals surface area contributed by atoms with Crippen molar-refractivity contribution in [2.24, 2.45) is 0 Å². The van der Waals surface area contributed by atoms with Gasteiger partial charge in [0, 0.05) is 17.0 Å². The lowest BCUT2D eigenvalue weighted by molar-refractivity contribution is 0.890. The van der Waals surface area contributed by atoms with E-state index in [0.29, 0.717) is 0 Å². The van der Waals surface area contributed by atoms with E-state index in [0.717, 1.165) is 23.0 Å². The van der Waals surface area contributed by atoms with E-state index in [4.69, 9.17) is 12.2 Å². The highest BCUT2D eigenvalue weighted by Crippen LogP contribution is 2.26. The van der Waals surface area contributed by atoms with Crippen molar-refractivity contribution in [1.29, 1.82) is 0 Å². The summed E-state index contributed by atoms with van der Waals surface area (Å²) < 4.78 is 2.23. The summed E-state index contributed by atoms with van der Waals surface area (Å²) in [5.41, 5.74) is 2.71. The SMILES string of the molecule is S=C(NCCc1csc2ccccc12)SCc1ccc2ccccc2c1. The molecule has 1 heterocycles. The minimum atomic E-state index is 0.873. The summed E-state index contributed by atoms with van der Waals surface area (Å²) in [6.45, 7) is 0.879. The highest BCUT2D eigenvalue weighted by Gasteiger charge is 2.04. The number of fused-ring (bicyclic) bond motifs is 2. The Morgan fingerprint density at radius 3 is 2.69 bits per heavy atom. The molecule has 0 saturated carbocycles. The second-order valence-corrected chi connectivity index (χ2v) is 8.76. The first-order valence-corrected chi connectivity index (χ1v) is 10.9. The van der Waals surface area contributed by atoms with E-state index in [9.17, 15) is 0 Å². The van der Waals surface area contributed by atoms with Crippen molar-refractivity contribution >= 4 is 60.5 Å². The molecule has 1 aromatic heterocycles. The predicted molar refractivity (Wildman–Crippen MR) is 121 cm³/mol. The van der Waals surface area contributed by atoms with Gasteiger partial charge in [-0.05, 0) is 45.2 Å². The van der Waals surface area contributed by atoms with Crippen molar-refractivity contribution in [3.8, 4) is 0 Å². The number of thiocarbonyl (C=S) groups is 1. The lowest BCUT2D eigenvalue weighted by Gasteiger charge is -2.08. The van der Waals surface area contributed by atoms with Crippen LogP contribution in [-0.2, 0) is 12.2 Å². The van der Waals surface area contributed by atoms with Gasteiger partial charge in [0.1, 0.15) is 4.32 Å². The van der Waals surface area contributed by atoms with E-state index < -0.39 is 0 Å². The van der Waals surface area contributed by atoms with E-state index >= 15 is 0 Å². The molecule has 0 fully saturated rings. The van der Waals surface area contributed by atoms with Crippen LogP contribution in [0.2, 0.25) is 0 Å². The van der Waals surface area contributed by atoms with Gasteiger partial charge in [0.15, 0.2) is 0 Å². The molecule has 1 nitrogen and oxygen atoms in total. The molecule has 0 radical (unpaired) electrons. The van der Waals surface area contributed by atoms with Crippen LogP contribution in [0, 0.1) is 0 Å². The average molecular weight is 394 g/mol. The second-order valence-electron chi connectivity index (χ2n) is 6.19. The maximum absolute atomic E-state index is 5.49. The minimum absolute atomic E-state index is 0.873. The molecule has 4 rings (SSSR count). The highest BCUT2D eigenvalue weighted by molar-refractivity contribution is 8.22. The van der Waals surface area contributed by atoms with Gasteiger partial charge >= 0.3 is 0 Å². The number of rotatable bonds is 5. The Labute approximate surface area is 167 Å². The molecule has 0 amide bonds. The fraction of sp³-hybridized carbons (Fsp3) is 0.136. The number of hydrogen-bond acceptors (Lipinski definition) is 3. The van der Waals surface area contributed by atoms with Crippen LogP contribution in [0.4, 0.5) is 0 Å². The lowest BCUT2D eigenvalue weighted by atomic mass is 10.1. The molecule has 130 valence electrons. The van der Waals surface area contributed by atoms with Gasteiger partial charge in [0.05, 0.1) is 0 Å². The third-order valence-electron chi connectivity index (χ3n) is 4.41. The third kappa shape index (κ3) is 4.09. The van der Waals surface area contributed by atoms with Gasteiger partial charge in [0.2, 0.25) is 0 Å². The first-order chi connectivity index (χ1) is 12.8. The zero-order chi connectivity index (χ0) is 17.8. The molecule has 0 saturated heterocycles. The monoisotopic (exact) mass is 393 g/mol. The third-order valence-corrected chi connectivity index (χ3v) is 6.80. The van der Waals surface area contributed by atoms with Crippen LogP contribution >= 0.6 is 35.3 Å². The number of thioether (sulfide) groups is 1. The summed E-state index contributed by atoms with van der Waals surface area (Å²) in [6.07, 6.45) is 1.00. The van der Waals surface area contributed by atoms with E-state index in [1.807, 2.05) is 11.3 Å². The average Bonchev–Trinajstić information content (AvgIpc) is 3.09. The molecule has 0 atom stereocenters. The fourth-order valence-electron chi connectivity index (χ4n) is 3.05. The maximum Gasteiger partial charge on any atom is 0.134 e. The molecule has 0 unspecified atom stereocenters. The summed E-state index contributed by atoms with van der Waals surface area (Å²) >= 11 is 9.01. The van der Waals surface area contributed by atoms with Crippen molar-refractivity contribution in [2.75, 3.05) is 6.54 Å². The van der Waals surface area contributed by atoms with Crippen LogP contribution in [0.5, 0.6) is 0 Å². The molecular weight excluding hydrogens is 374 g/mol. The molecular formula is C22H19NS3. The number of hydrogen-bond donors (Lipinski definition) is 1. The Hall–Kier alpha value is -1.88. The van der Waals surface area contributed by atoms with Crippen LogP contribution in [-0.4, -0.2) is 10.9 Å². The zero-order valence-corrected chi connectivity index (χ0v) is 16.7. The topological polar surface area (TPSA) is 12.0 Å². The second kappa shape index (κ2) is 8.21. The molecule has 4 heteroatoms. The highest BCUT2D eigenvalue weighted by atomic mass is 32.2. The summed E-state index contributed by atoms with van der Waals surface area (Å²) in [7, 11) is 0. The summed E-state index contributed by atoms with van der Waals surface area (Å²) in [5, 5.41) is 9.59. The molecule has 0 aliphatic carbocycles. The molecule has 0 aliphatic rings. The summed E-state index contributed by atoms with van der Waals surface area (Å²) in [4.78, 5) is 0. The zero-order valence-electron chi connectivity index (χ0n) is 14.3. The Morgan fingerprint density at radius 1 is 0.962 bits per heavy atom. The van der Waals surface area contributed by atoms with Crippen LogP contribution in [0.1, 0.15) is 11.1 Å². The smallest absolute Gasteiger partial charge is 0.134 e. The van der Waals surface area contributed by atoms with Gasteiger partial charge in [-0.25, -0.2) is 0 Å². The molecule has 0 bridgehead atoms. The van der Waals surface area contributed by atoms with Crippen molar-refractivity contribution < 1.29 is 0 Å². The summed E-state index contributed by atoms with van der Waals surface area (Å²) in [5.74, 6) is 0.901. The largest absolute Gasteiger partial charge is 0.371 e. The molecule has 3 aromatic carbocycles. The molecule has 4 aromatic rings. The number of thiophene rings is 1. The first kappa shape index (κ1) is 17.5. The number of benzene rings is 3. The Balaban J connectivity index is 1.28. The van der Waals surface area contributed by atoms with Crippen molar-refractivity contribution in [2.45, 2.75) is 12.2 Å².